The molecule has 1 heterocycles. The molecule has 1 saturated carbocycles. The number of nitrogens with one attached hydrogen (secondary N) is 1. The number of para-hydroxylation sites is 1. The van der Waals surface area contributed by atoms with Gasteiger partial charge in [0, 0.05) is 18.0 Å². The lowest BCUT2D eigenvalue weighted by Gasteiger charge is -2.33. The lowest BCUT2D eigenvalue weighted by molar-refractivity contribution is 0.199. The van der Waals surface area contributed by atoms with Crippen LogP contribution in [0.25, 0.3) is 0 Å². The van der Waals surface area contributed by atoms with E-state index in [9.17, 15) is 0 Å². The maximum absolute atomic E-state index is 5.88. The van der Waals surface area contributed by atoms with E-state index in [0.29, 0.717) is 11.3 Å². The van der Waals surface area contributed by atoms with Gasteiger partial charge in [0.15, 0.2) is 0 Å². The molecule has 1 aromatic rings. The summed E-state index contributed by atoms with van der Waals surface area (Å²) in [4.78, 5) is 0. The summed E-state index contributed by atoms with van der Waals surface area (Å²) in [5.74, 6) is 3.32. The van der Waals surface area contributed by atoms with Crippen molar-refractivity contribution in [1.29, 1.82) is 0 Å². The molecule has 2 nitrogen and oxygen atoms in total. The summed E-state index contributed by atoms with van der Waals surface area (Å²) in [7, 11) is 0. The Balaban J connectivity index is 1.65. The first kappa shape index (κ1) is 14.9. The van der Waals surface area contributed by atoms with Gasteiger partial charge in [0.2, 0.25) is 0 Å². The van der Waals surface area contributed by atoms with Crippen LogP contribution in [-0.4, -0.2) is 19.7 Å². The molecule has 2 aliphatic rings. The van der Waals surface area contributed by atoms with E-state index in [1.807, 2.05) is 0 Å². The van der Waals surface area contributed by atoms with Crippen LogP contribution in [0.2, 0.25) is 0 Å². The Kier molecular flexibility index (Phi) is 4.26. The third-order valence-corrected chi connectivity index (χ3v) is 5.16. The molecule has 1 fully saturated rings. The number of rotatable bonds is 7. The first-order valence-electron chi connectivity index (χ1n) is 8.51. The molecule has 0 radical (unpaired) electrons. The normalized spacial score (nSPS) is 23.7. The number of fused-ring (bicyclic) bond motifs is 1. The Morgan fingerprint density at radius 1 is 1.29 bits per heavy atom. The van der Waals surface area contributed by atoms with Gasteiger partial charge in [-0.05, 0) is 49.1 Å². The lowest BCUT2D eigenvalue weighted by Crippen LogP contribution is -2.37. The zero-order chi connectivity index (χ0) is 14.9. The van der Waals surface area contributed by atoms with Gasteiger partial charge in [0.05, 0.1) is 6.61 Å². The molecular formula is C19H29NO. The average molecular weight is 287 g/mol. The number of hydrogen-bond donors (Lipinski definition) is 1. The molecule has 0 saturated heterocycles. The van der Waals surface area contributed by atoms with Gasteiger partial charge in [-0.1, -0.05) is 39.0 Å². The van der Waals surface area contributed by atoms with Gasteiger partial charge in [0.1, 0.15) is 5.75 Å². The van der Waals surface area contributed by atoms with Crippen molar-refractivity contribution in [2.24, 2.45) is 17.3 Å². The fraction of sp³-hybridized carbons (Fsp3) is 0.684. The average Bonchev–Trinajstić information content (AvgIpc) is 3.23. The van der Waals surface area contributed by atoms with E-state index < -0.39 is 0 Å². The van der Waals surface area contributed by atoms with E-state index in [1.165, 1.54) is 24.8 Å². The lowest BCUT2D eigenvalue weighted by atomic mass is 9.75. The van der Waals surface area contributed by atoms with Gasteiger partial charge in [-0.15, -0.1) is 0 Å². The molecule has 3 rings (SSSR count). The third-order valence-electron chi connectivity index (χ3n) is 5.16. The van der Waals surface area contributed by atoms with E-state index in [4.69, 9.17) is 4.74 Å². The van der Waals surface area contributed by atoms with Crippen LogP contribution in [0.1, 0.15) is 51.5 Å². The molecule has 0 amide bonds. The van der Waals surface area contributed by atoms with Crippen molar-refractivity contribution < 1.29 is 4.74 Å². The largest absolute Gasteiger partial charge is 0.493 e. The number of benzene rings is 1. The van der Waals surface area contributed by atoms with Crippen LogP contribution in [-0.2, 0) is 0 Å². The Morgan fingerprint density at radius 3 is 2.76 bits per heavy atom. The Labute approximate surface area is 129 Å². The third kappa shape index (κ3) is 3.42. The minimum atomic E-state index is 0.417. The highest BCUT2D eigenvalue weighted by Gasteiger charge is 2.43. The minimum Gasteiger partial charge on any atom is -0.493 e. The second-order valence-corrected chi connectivity index (χ2v) is 7.70. The summed E-state index contributed by atoms with van der Waals surface area (Å²) < 4.78 is 5.88. The summed E-state index contributed by atoms with van der Waals surface area (Å²) in [5, 5.41) is 3.70. The molecule has 1 aliphatic heterocycles. The molecule has 1 aliphatic carbocycles. The van der Waals surface area contributed by atoms with Crippen LogP contribution in [0.15, 0.2) is 24.3 Å². The van der Waals surface area contributed by atoms with E-state index in [1.54, 1.807) is 0 Å². The molecule has 2 unspecified atom stereocenters. The van der Waals surface area contributed by atoms with E-state index in [2.05, 4.69) is 50.4 Å². The molecular weight excluding hydrogens is 258 g/mol. The van der Waals surface area contributed by atoms with E-state index >= 15 is 0 Å². The highest BCUT2D eigenvalue weighted by Crippen LogP contribution is 2.51. The quantitative estimate of drug-likeness (QED) is 0.811. The van der Waals surface area contributed by atoms with Crippen molar-refractivity contribution in [1.82, 2.24) is 5.32 Å². The topological polar surface area (TPSA) is 21.3 Å². The highest BCUT2D eigenvalue weighted by atomic mass is 16.5. The molecule has 1 N–H and O–H groups in total. The van der Waals surface area contributed by atoms with Crippen molar-refractivity contribution in [2.45, 2.75) is 46.0 Å². The minimum absolute atomic E-state index is 0.417. The summed E-state index contributed by atoms with van der Waals surface area (Å²) in [6.45, 7) is 10.2. The smallest absolute Gasteiger partial charge is 0.122 e. The predicted octanol–water partition coefficient (Wildman–Crippen LogP) is 4.21. The van der Waals surface area contributed by atoms with Gasteiger partial charge in [-0.25, -0.2) is 0 Å². The first-order valence-corrected chi connectivity index (χ1v) is 8.51. The summed E-state index contributed by atoms with van der Waals surface area (Å²) in [5.41, 5.74) is 1.84. The van der Waals surface area contributed by atoms with Crippen LogP contribution >= 0.6 is 0 Å². The molecule has 116 valence electrons. The van der Waals surface area contributed by atoms with Gasteiger partial charge in [0.25, 0.3) is 0 Å². The Morgan fingerprint density at radius 2 is 2.05 bits per heavy atom. The zero-order valence-corrected chi connectivity index (χ0v) is 13.7. The van der Waals surface area contributed by atoms with Gasteiger partial charge < -0.3 is 10.1 Å². The van der Waals surface area contributed by atoms with Crippen LogP contribution in [0.3, 0.4) is 0 Å². The fourth-order valence-electron chi connectivity index (χ4n) is 3.77. The zero-order valence-electron chi connectivity index (χ0n) is 13.7. The summed E-state index contributed by atoms with van der Waals surface area (Å²) >= 11 is 0. The van der Waals surface area contributed by atoms with Gasteiger partial charge in [-0.3, -0.25) is 0 Å². The predicted molar refractivity (Wildman–Crippen MR) is 87.8 cm³/mol. The van der Waals surface area contributed by atoms with Gasteiger partial charge in [-0.2, -0.15) is 0 Å². The SMILES string of the molecule is CC(C)CNCC(C)(CC1COc2ccccc21)C1CC1. The highest BCUT2D eigenvalue weighted by molar-refractivity contribution is 5.39. The molecule has 0 bridgehead atoms. The Hall–Kier alpha value is -1.02. The molecule has 0 aromatic heterocycles. The number of hydrogen-bond acceptors (Lipinski definition) is 2. The molecule has 2 heteroatoms. The molecule has 2 atom stereocenters. The maximum Gasteiger partial charge on any atom is 0.122 e. The van der Waals surface area contributed by atoms with Crippen molar-refractivity contribution in [3.05, 3.63) is 29.8 Å². The fourth-order valence-corrected chi connectivity index (χ4v) is 3.77. The standard InChI is InChI=1S/C19H29NO/c1-14(2)11-20-13-19(3,16-8-9-16)10-15-12-21-18-7-5-4-6-17(15)18/h4-7,14-16,20H,8-13H2,1-3H3. The number of ether oxygens (including phenoxy) is 1. The van der Waals surface area contributed by atoms with Crippen LogP contribution < -0.4 is 10.1 Å². The van der Waals surface area contributed by atoms with Crippen molar-refractivity contribution in [3.8, 4) is 5.75 Å². The van der Waals surface area contributed by atoms with E-state index in [0.717, 1.165) is 37.3 Å². The molecule has 0 spiro atoms. The first-order chi connectivity index (χ1) is 10.1. The summed E-state index contributed by atoms with van der Waals surface area (Å²) in [6, 6.07) is 8.58. The van der Waals surface area contributed by atoms with E-state index in [-0.39, 0.29) is 0 Å². The van der Waals surface area contributed by atoms with Crippen LogP contribution in [0, 0.1) is 17.3 Å². The molecule has 21 heavy (non-hydrogen) atoms. The van der Waals surface area contributed by atoms with Gasteiger partial charge >= 0.3 is 0 Å². The summed E-state index contributed by atoms with van der Waals surface area (Å²) in [6.07, 6.45) is 4.07. The van der Waals surface area contributed by atoms with Crippen molar-refractivity contribution in [3.63, 3.8) is 0 Å². The van der Waals surface area contributed by atoms with Crippen molar-refractivity contribution in [2.75, 3.05) is 19.7 Å². The second-order valence-electron chi connectivity index (χ2n) is 7.70. The molecule has 1 aromatic carbocycles. The second kappa shape index (κ2) is 6.00. The maximum atomic E-state index is 5.88. The van der Waals surface area contributed by atoms with Crippen molar-refractivity contribution >= 4 is 0 Å². The monoisotopic (exact) mass is 287 g/mol. The van der Waals surface area contributed by atoms with Crippen LogP contribution in [0.5, 0.6) is 5.75 Å². The van der Waals surface area contributed by atoms with Crippen LogP contribution in [0.4, 0.5) is 0 Å². The Bertz CT molecular complexity index is 480.